The van der Waals surface area contributed by atoms with Crippen LogP contribution in [0.1, 0.15) is 17.8 Å². The van der Waals surface area contributed by atoms with Gasteiger partial charge in [0.25, 0.3) is 0 Å². The van der Waals surface area contributed by atoms with Crippen LogP contribution in [0.5, 0.6) is 0 Å². The van der Waals surface area contributed by atoms with Crippen LogP contribution in [0.15, 0.2) is 42.6 Å². The molecular weight excluding hydrogens is 347 g/mol. The van der Waals surface area contributed by atoms with Crippen LogP contribution < -0.4 is 0 Å². The average molecular weight is 360 g/mol. The molecule has 0 fully saturated rings. The molecule has 1 aliphatic rings. The number of aliphatic hydroxyl groups excluding tert-OH is 1. The molecule has 0 aromatic carbocycles. The Morgan fingerprint density at radius 1 is 1.30 bits per heavy atom. The minimum absolute atomic E-state index is 0.0530. The number of aliphatic hydroxyl groups is 1. The second-order valence-electron chi connectivity index (χ2n) is 5.78. The molecule has 0 amide bonds. The minimum atomic E-state index is -0.314. The highest BCUT2D eigenvalue weighted by Crippen LogP contribution is 2.28. The maximum atomic E-state index is 13.5. The molecule has 0 aliphatic heterocycles. The molecule has 0 radical (unpaired) electrons. The number of imidazole rings is 2. The first-order valence-electron chi connectivity index (χ1n) is 8.18. The van der Waals surface area contributed by atoms with Crippen molar-refractivity contribution in [3.8, 4) is 29.3 Å². The topological polar surface area (TPSA) is 92.0 Å². The van der Waals surface area contributed by atoms with Gasteiger partial charge in [-0.2, -0.15) is 10.4 Å². The molecule has 0 atom stereocenters. The van der Waals surface area contributed by atoms with Gasteiger partial charge in [-0.15, -0.1) is 0 Å². The van der Waals surface area contributed by atoms with Gasteiger partial charge in [0.1, 0.15) is 23.3 Å². The second-order valence-corrected chi connectivity index (χ2v) is 5.78. The first-order valence-corrected chi connectivity index (χ1v) is 8.18. The van der Waals surface area contributed by atoms with E-state index in [0.29, 0.717) is 40.5 Å². The quantitative estimate of drug-likeness (QED) is 0.720. The van der Waals surface area contributed by atoms with Crippen molar-refractivity contribution in [2.75, 3.05) is 6.61 Å². The lowest BCUT2D eigenvalue weighted by Crippen LogP contribution is -2.06. The van der Waals surface area contributed by atoms with E-state index in [1.54, 1.807) is 29.1 Å². The monoisotopic (exact) mass is 360 g/mol. The molecule has 7 nitrogen and oxygen atoms in total. The van der Waals surface area contributed by atoms with E-state index in [-0.39, 0.29) is 18.9 Å². The van der Waals surface area contributed by atoms with Crippen LogP contribution in [0, 0.1) is 23.2 Å². The van der Waals surface area contributed by atoms with E-state index in [9.17, 15) is 14.8 Å². The van der Waals surface area contributed by atoms with Crippen LogP contribution >= 0.6 is 0 Å². The Balaban J connectivity index is 1.92. The summed E-state index contributed by atoms with van der Waals surface area (Å²) >= 11 is 0. The summed E-state index contributed by atoms with van der Waals surface area (Å²) in [5.41, 5.74) is 3.10. The average Bonchev–Trinajstić information content (AvgIpc) is 3.21. The van der Waals surface area contributed by atoms with Gasteiger partial charge < -0.3 is 9.67 Å². The highest BCUT2D eigenvalue weighted by molar-refractivity contribution is 5.85. The molecule has 3 heterocycles. The van der Waals surface area contributed by atoms with Crippen LogP contribution in [0.3, 0.4) is 0 Å². The third-order valence-electron chi connectivity index (χ3n) is 4.06. The van der Waals surface area contributed by atoms with Crippen molar-refractivity contribution in [1.82, 2.24) is 24.1 Å². The standard InChI is InChI=1S/C19H13FN6O/c20-14-3-1-2-13(4-5-14)18-19(25(8-9-27)12-23-18)16-6-7-17-22-11-15(10-21)26(17)24-16/h4-7,11-12,27H,3,8-9H2. The summed E-state index contributed by atoms with van der Waals surface area (Å²) in [4.78, 5) is 8.55. The van der Waals surface area contributed by atoms with Gasteiger partial charge in [-0.3, -0.25) is 0 Å². The Morgan fingerprint density at radius 3 is 3.00 bits per heavy atom. The number of halogens is 1. The van der Waals surface area contributed by atoms with E-state index in [1.807, 2.05) is 6.07 Å². The first kappa shape index (κ1) is 16.7. The molecular formula is C19H13FN6O. The summed E-state index contributed by atoms with van der Waals surface area (Å²) in [7, 11) is 0. The van der Waals surface area contributed by atoms with Crippen molar-refractivity contribution in [3.63, 3.8) is 0 Å². The van der Waals surface area contributed by atoms with Crippen LogP contribution in [0.4, 0.5) is 4.39 Å². The molecule has 0 bridgehead atoms. The number of hydrogen-bond donors (Lipinski definition) is 1. The maximum absolute atomic E-state index is 13.5. The number of hydrogen-bond acceptors (Lipinski definition) is 5. The molecule has 0 spiro atoms. The van der Waals surface area contributed by atoms with E-state index in [2.05, 4.69) is 26.9 Å². The number of nitriles is 1. The van der Waals surface area contributed by atoms with Crippen molar-refractivity contribution in [2.45, 2.75) is 13.0 Å². The molecule has 1 N–H and O–H groups in total. The molecule has 4 rings (SSSR count). The van der Waals surface area contributed by atoms with Gasteiger partial charge in [0.2, 0.25) is 0 Å². The predicted molar refractivity (Wildman–Crippen MR) is 95.6 cm³/mol. The summed E-state index contributed by atoms with van der Waals surface area (Å²) in [5, 5.41) is 23.1. The molecule has 3 aromatic rings. The van der Waals surface area contributed by atoms with E-state index in [0.717, 1.165) is 0 Å². The Hall–Kier alpha value is -3.75. The van der Waals surface area contributed by atoms with Gasteiger partial charge in [0.15, 0.2) is 11.3 Å². The van der Waals surface area contributed by atoms with Gasteiger partial charge in [0, 0.05) is 6.54 Å². The van der Waals surface area contributed by atoms with E-state index in [4.69, 9.17) is 0 Å². The molecule has 132 valence electrons. The third kappa shape index (κ3) is 2.99. The van der Waals surface area contributed by atoms with E-state index >= 15 is 0 Å². The zero-order valence-electron chi connectivity index (χ0n) is 14.1. The Bertz CT molecular complexity index is 1200. The van der Waals surface area contributed by atoms with Crippen LogP contribution in [-0.2, 0) is 6.54 Å². The minimum Gasteiger partial charge on any atom is -0.395 e. The molecule has 0 saturated heterocycles. The van der Waals surface area contributed by atoms with E-state index in [1.165, 1.54) is 16.8 Å². The highest BCUT2D eigenvalue weighted by Gasteiger charge is 2.19. The second kappa shape index (κ2) is 6.87. The van der Waals surface area contributed by atoms with Gasteiger partial charge in [-0.25, -0.2) is 18.9 Å². The van der Waals surface area contributed by atoms with Crippen molar-refractivity contribution in [3.05, 3.63) is 54.0 Å². The maximum Gasteiger partial charge on any atom is 0.162 e. The van der Waals surface area contributed by atoms with Crippen LogP contribution in [-0.4, -0.2) is 35.9 Å². The smallest absolute Gasteiger partial charge is 0.162 e. The van der Waals surface area contributed by atoms with Crippen molar-refractivity contribution in [1.29, 1.82) is 5.26 Å². The van der Waals surface area contributed by atoms with Crippen molar-refractivity contribution in [2.24, 2.45) is 0 Å². The lowest BCUT2D eigenvalue weighted by molar-refractivity contribution is 0.276. The summed E-state index contributed by atoms with van der Waals surface area (Å²) in [5.74, 6) is 5.39. The molecule has 0 unspecified atom stereocenters. The fraction of sp³-hybridized carbons (Fsp3) is 0.158. The summed E-state index contributed by atoms with van der Waals surface area (Å²) in [6.45, 7) is 0.223. The number of rotatable bonds is 4. The number of nitrogens with zero attached hydrogens (tertiary/aromatic N) is 6. The number of aromatic nitrogens is 5. The van der Waals surface area contributed by atoms with E-state index < -0.39 is 0 Å². The van der Waals surface area contributed by atoms with Gasteiger partial charge in [0.05, 0.1) is 36.8 Å². The largest absolute Gasteiger partial charge is 0.395 e. The van der Waals surface area contributed by atoms with Gasteiger partial charge in [-0.05, 0) is 24.3 Å². The predicted octanol–water partition coefficient (Wildman–Crippen LogP) is 2.10. The lowest BCUT2D eigenvalue weighted by atomic mass is 10.1. The molecule has 1 aliphatic carbocycles. The fourth-order valence-corrected chi connectivity index (χ4v) is 2.84. The zero-order valence-corrected chi connectivity index (χ0v) is 14.1. The molecule has 27 heavy (non-hydrogen) atoms. The van der Waals surface area contributed by atoms with Gasteiger partial charge in [-0.1, -0.05) is 11.8 Å². The zero-order chi connectivity index (χ0) is 18.8. The fourth-order valence-electron chi connectivity index (χ4n) is 2.84. The summed E-state index contributed by atoms with van der Waals surface area (Å²) in [6.07, 6.45) is 6.03. The first-order chi connectivity index (χ1) is 13.2. The Labute approximate surface area is 153 Å². The number of allylic oxidation sites excluding steroid dienone is 4. The van der Waals surface area contributed by atoms with Gasteiger partial charge >= 0.3 is 0 Å². The number of fused-ring (bicyclic) bond motifs is 1. The third-order valence-corrected chi connectivity index (χ3v) is 4.06. The SMILES string of the molecule is N#Cc1cnc2ccc(-c3c(C4=CC=C(F)CC#C4)ncn3CCO)nn12. The Kier molecular flexibility index (Phi) is 4.25. The summed E-state index contributed by atoms with van der Waals surface area (Å²) in [6, 6.07) is 5.55. The van der Waals surface area contributed by atoms with Crippen LogP contribution in [0.2, 0.25) is 0 Å². The Morgan fingerprint density at radius 2 is 2.19 bits per heavy atom. The molecule has 8 heteroatoms. The van der Waals surface area contributed by atoms with Crippen molar-refractivity contribution >= 4 is 11.2 Å². The molecule has 0 saturated carbocycles. The highest BCUT2D eigenvalue weighted by atomic mass is 19.1. The normalized spacial score (nSPS) is 13.4. The van der Waals surface area contributed by atoms with Crippen molar-refractivity contribution < 1.29 is 9.50 Å². The van der Waals surface area contributed by atoms with Crippen LogP contribution in [0.25, 0.3) is 22.6 Å². The lowest BCUT2D eigenvalue weighted by Gasteiger charge is -2.09. The summed E-state index contributed by atoms with van der Waals surface area (Å²) < 4.78 is 16.7. The molecule has 3 aromatic heterocycles.